The second kappa shape index (κ2) is 6.55. The summed E-state index contributed by atoms with van der Waals surface area (Å²) in [6.07, 6.45) is 6.43. The number of anilines is 1. The van der Waals surface area contributed by atoms with E-state index < -0.39 is 11.6 Å². The van der Waals surface area contributed by atoms with Gasteiger partial charge in [-0.2, -0.15) is 5.10 Å². The standard InChI is InChI=1S/C16H17N5O3/c1-16(23,13-4-2-9-24-13)11-18-15(22)20-12-5-6-14(17-10-12)21-8-3-7-19-21/h2-10,23H,11H2,1H3,(H2,18,20,22). The normalized spacial score (nSPS) is 13.2. The molecule has 3 rings (SSSR count). The molecule has 0 spiro atoms. The number of urea groups is 1. The van der Waals surface area contributed by atoms with Gasteiger partial charge in [0.25, 0.3) is 0 Å². The quantitative estimate of drug-likeness (QED) is 0.663. The number of carbonyl (C=O) groups excluding carboxylic acids is 1. The van der Waals surface area contributed by atoms with Crippen LogP contribution in [0.1, 0.15) is 12.7 Å². The zero-order valence-corrected chi connectivity index (χ0v) is 13.0. The third-order valence-corrected chi connectivity index (χ3v) is 3.39. The second-order valence-corrected chi connectivity index (χ2v) is 5.41. The van der Waals surface area contributed by atoms with Crippen molar-refractivity contribution in [3.63, 3.8) is 0 Å². The summed E-state index contributed by atoms with van der Waals surface area (Å²) >= 11 is 0. The number of nitrogens with zero attached hydrogens (tertiary/aromatic N) is 3. The van der Waals surface area contributed by atoms with Crippen molar-refractivity contribution in [3.05, 3.63) is 60.9 Å². The third kappa shape index (κ3) is 3.61. The lowest BCUT2D eigenvalue weighted by Crippen LogP contribution is -2.40. The van der Waals surface area contributed by atoms with E-state index in [4.69, 9.17) is 4.42 Å². The zero-order chi connectivity index (χ0) is 17.0. The first kappa shape index (κ1) is 15.8. The molecule has 3 aromatic rings. The lowest BCUT2D eigenvalue weighted by atomic mass is 10.0. The number of carbonyl (C=O) groups is 1. The summed E-state index contributed by atoms with van der Waals surface area (Å²) in [7, 11) is 0. The third-order valence-electron chi connectivity index (χ3n) is 3.39. The van der Waals surface area contributed by atoms with Gasteiger partial charge in [-0.3, -0.25) is 0 Å². The fourth-order valence-electron chi connectivity index (χ4n) is 2.10. The van der Waals surface area contributed by atoms with Crippen LogP contribution in [0, 0.1) is 0 Å². The summed E-state index contributed by atoms with van der Waals surface area (Å²) in [6, 6.07) is 8.13. The number of pyridine rings is 1. The maximum atomic E-state index is 11.9. The van der Waals surface area contributed by atoms with E-state index in [1.165, 1.54) is 12.5 Å². The molecular weight excluding hydrogens is 310 g/mol. The van der Waals surface area contributed by atoms with Gasteiger partial charge >= 0.3 is 6.03 Å². The van der Waals surface area contributed by atoms with Crippen LogP contribution in [-0.4, -0.2) is 32.4 Å². The summed E-state index contributed by atoms with van der Waals surface area (Å²) in [4.78, 5) is 16.2. The van der Waals surface area contributed by atoms with E-state index in [9.17, 15) is 9.90 Å². The van der Waals surface area contributed by atoms with Crippen LogP contribution in [0.2, 0.25) is 0 Å². The molecule has 0 radical (unpaired) electrons. The van der Waals surface area contributed by atoms with E-state index in [2.05, 4.69) is 20.7 Å². The van der Waals surface area contributed by atoms with Crippen LogP contribution in [0.5, 0.6) is 0 Å². The van der Waals surface area contributed by atoms with Crippen molar-refractivity contribution in [2.75, 3.05) is 11.9 Å². The van der Waals surface area contributed by atoms with Gasteiger partial charge in [0.1, 0.15) is 11.4 Å². The SMILES string of the molecule is CC(O)(CNC(=O)Nc1ccc(-n2cccn2)nc1)c1ccco1. The van der Waals surface area contributed by atoms with Gasteiger partial charge in [0.2, 0.25) is 0 Å². The highest BCUT2D eigenvalue weighted by Crippen LogP contribution is 2.19. The van der Waals surface area contributed by atoms with Crippen LogP contribution in [-0.2, 0) is 5.60 Å². The van der Waals surface area contributed by atoms with Crippen molar-refractivity contribution in [2.45, 2.75) is 12.5 Å². The van der Waals surface area contributed by atoms with Gasteiger partial charge in [0.05, 0.1) is 24.7 Å². The number of nitrogens with one attached hydrogen (secondary N) is 2. The maximum absolute atomic E-state index is 11.9. The maximum Gasteiger partial charge on any atom is 0.319 e. The molecule has 0 bridgehead atoms. The molecule has 2 amide bonds. The van der Waals surface area contributed by atoms with Crippen LogP contribution in [0.4, 0.5) is 10.5 Å². The van der Waals surface area contributed by atoms with Crippen molar-refractivity contribution in [1.29, 1.82) is 0 Å². The van der Waals surface area contributed by atoms with Crippen molar-refractivity contribution < 1.29 is 14.3 Å². The minimum atomic E-state index is -1.29. The van der Waals surface area contributed by atoms with E-state index in [0.29, 0.717) is 17.3 Å². The summed E-state index contributed by atoms with van der Waals surface area (Å²) in [5.41, 5.74) is -0.760. The topological polar surface area (TPSA) is 105 Å². The molecule has 1 unspecified atom stereocenters. The molecule has 8 heteroatoms. The van der Waals surface area contributed by atoms with E-state index >= 15 is 0 Å². The van der Waals surface area contributed by atoms with E-state index in [0.717, 1.165) is 0 Å². The Morgan fingerprint density at radius 2 is 2.25 bits per heavy atom. The Morgan fingerprint density at radius 1 is 1.38 bits per heavy atom. The minimum absolute atomic E-state index is 0.00511. The molecule has 0 saturated carbocycles. The number of rotatable bonds is 5. The zero-order valence-electron chi connectivity index (χ0n) is 13.0. The average molecular weight is 327 g/mol. The molecule has 1 atom stereocenters. The first-order valence-electron chi connectivity index (χ1n) is 7.32. The summed E-state index contributed by atoms with van der Waals surface area (Å²) < 4.78 is 6.77. The molecule has 124 valence electrons. The highest BCUT2D eigenvalue weighted by Gasteiger charge is 2.26. The van der Waals surface area contributed by atoms with Gasteiger partial charge < -0.3 is 20.2 Å². The predicted octanol–water partition coefficient (Wildman–Crippen LogP) is 1.89. The highest BCUT2D eigenvalue weighted by atomic mass is 16.4. The Balaban J connectivity index is 1.55. The van der Waals surface area contributed by atoms with Gasteiger partial charge in [0.15, 0.2) is 5.82 Å². The molecule has 0 aliphatic heterocycles. The van der Waals surface area contributed by atoms with E-state index in [1.54, 1.807) is 54.3 Å². The molecular formula is C16H17N5O3. The Bertz CT molecular complexity index is 780. The minimum Gasteiger partial charge on any atom is -0.466 e. The van der Waals surface area contributed by atoms with Crippen LogP contribution in [0.3, 0.4) is 0 Å². The number of hydrogen-bond acceptors (Lipinski definition) is 5. The van der Waals surface area contributed by atoms with Gasteiger partial charge in [-0.25, -0.2) is 14.5 Å². The molecule has 3 N–H and O–H groups in total. The van der Waals surface area contributed by atoms with E-state index in [1.807, 2.05) is 0 Å². The van der Waals surface area contributed by atoms with Crippen LogP contribution >= 0.6 is 0 Å². The fourth-order valence-corrected chi connectivity index (χ4v) is 2.10. The molecule has 8 nitrogen and oxygen atoms in total. The first-order valence-corrected chi connectivity index (χ1v) is 7.32. The van der Waals surface area contributed by atoms with Crippen molar-refractivity contribution >= 4 is 11.7 Å². The van der Waals surface area contributed by atoms with Gasteiger partial charge in [-0.15, -0.1) is 0 Å². The lowest BCUT2D eigenvalue weighted by molar-refractivity contribution is 0.0372. The number of hydrogen-bond donors (Lipinski definition) is 3. The van der Waals surface area contributed by atoms with E-state index in [-0.39, 0.29) is 6.54 Å². The molecule has 0 fully saturated rings. The highest BCUT2D eigenvalue weighted by molar-refractivity contribution is 5.89. The molecule has 24 heavy (non-hydrogen) atoms. The summed E-state index contributed by atoms with van der Waals surface area (Å²) in [6.45, 7) is 1.57. The molecule has 0 aliphatic carbocycles. The molecule has 0 saturated heterocycles. The Morgan fingerprint density at radius 3 is 2.88 bits per heavy atom. The van der Waals surface area contributed by atoms with Gasteiger partial charge in [-0.05, 0) is 37.3 Å². The first-order chi connectivity index (χ1) is 11.5. The lowest BCUT2D eigenvalue weighted by Gasteiger charge is -2.21. The smallest absolute Gasteiger partial charge is 0.319 e. The van der Waals surface area contributed by atoms with Gasteiger partial charge in [-0.1, -0.05) is 0 Å². The Kier molecular flexibility index (Phi) is 4.30. The van der Waals surface area contributed by atoms with Crippen LogP contribution in [0.25, 0.3) is 5.82 Å². The van der Waals surface area contributed by atoms with Crippen LogP contribution < -0.4 is 10.6 Å². The van der Waals surface area contributed by atoms with Crippen LogP contribution in [0.15, 0.2) is 59.6 Å². The van der Waals surface area contributed by atoms with Crippen molar-refractivity contribution in [3.8, 4) is 5.82 Å². The Hall–Kier alpha value is -3.13. The number of aliphatic hydroxyl groups is 1. The second-order valence-electron chi connectivity index (χ2n) is 5.41. The Labute approximate surface area is 138 Å². The fraction of sp³-hybridized carbons (Fsp3) is 0.188. The average Bonchev–Trinajstić information content (AvgIpc) is 3.27. The molecule has 3 heterocycles. The molecule has 0 aromatic carbocycles. The number of amides is 2. The van der Waals surface area contributed by atoms with Crippen molar-refractivity contribution in [1.82, 2.24) is 20.1 Å². The predicted molar refractivity (Wildman–Crippen MR) is 86.7 cm³/mol. The largest absolute Gasteiger partial charge is 0.466 e. The van der Waals surface area contributed by atoms with Gasteiger partial charge in [0, 0.05) is 12.4 Å². The number of furan rings is 1. The summed E-state index contributed by atoms with van der Waals surface area (Å²) in [5, 5.41) is 19.6. The molecule has 3 aromatic heterocycles. The number of aromatic nitrogens is 3. The monoisotopic (exact) mass is 327 g/mol. The summed E-state index contributed by atoms with van der Waals surface area (Å²) in [5.74, 6) is 1.03. The molecule has 0 aliphatic rings. The van der Waals surface area contributed by atoms with Crippen molar-refractivity contribution in [2.24, 2.45) is 0 Å².